The number of hydrogen-bond acceptors (Lipinski definition) is 7. The summed E-state index contributed by atoms with van der Waals surface area (Å²) in [5, 5.41) is 10.7. The Labute approximate surface area is 148 Å². The van der Waals surface area contributed by atoms with Gasteiger partial charge in [0.2, 0.25) is 11.9 Å². The maximum absolute atomic E-state index is 12.8. The third-order valence-corrected chi connectivity index (χ3v) is 3.85. The standard InChI is InChI=1S/C17H16N2O7/c20-16(18-8-10-24-11-9-18)15(12-4-2-1-3-5-12)26-17(21)13-6-7-14(25-13)19(22)23/h1-7,15H,8-11H2/t15-/m0/s1. The van der Waals surface area contributed by atoms with Crippen molar-refractivity contribution in [3.05, 3.63) is 63.9 Å². The molecule has 1 aliphatic rings. The highest BCUT2D eigenvalue weighted by Crippen LogP contribution is 2.24. The van der Waals surface area contributed by atoms with Gasteiger partial charge in [0.15, 0.2) is 0 Å². The van der Waals surface area contributed by atoms with Gasteiger partial charge in [-0.1, -0.05) is 30.3 Å². The van der Waals surface area contributed by atoms with Gasteiger partial charge < -0.3 is 18.8 Å². The lowest BCUT2D eigenvalue weighted by Gasteiger charge is -2.30. The van der Waals surface area contributed by atoms with Gasteiger partial charge in [-0.25, -0.2) is 4.79 Å². The van der Waals surface area contributed by atoms with E-state index in [2.05, 4.69) is 0 Å². The summed E-state index contributed by atoms with van der Waals surface area (Å²) in [4.78, 5) is 36.6. The van der Waals surface area contributed by atoms with Crippen molar-refractivity contribution in [3.63, 3.8) is 0 Å². The van der Waals surface area contributed by atoms with E-state index in [4.69, 9.17) is 13.9 Å². The van der Waals surface area contributed by atoms with Gasteiger partial charge in [-0.05, 0) is 6.07 Å². The van der Waals surface area contributed by atoms with E-state index in [9.17, 15) is 19.7 Å². The van der Waals surface area contributed by atoms with Crippen LogP contribution in [-0.2, 0) is 14.3 Å². The number of hydrogen-bond donors (Lipinski definition) is 0. The van der Waals surface area contributed by atoms with Crippen LogP contribution in [0.3, 0.4) is 0 Å². The molecule has 0 unspecified atom stereocenters. The average Bonchev–Trinajstić information content (AvgIpc) is 3.17. The van der Waals surface area contributed by atoms with E-state index >= 15 is 0 Å². The van der Waals surface area contributed by atoms with E-state index in [1.54, 1.807) is 35.2 Å². The van der Waals surface area contributed by atoms with Crippen LogP contribution in [-0.4, -0.2) is 48.0 Å². The molecule has 1 aromatic carbocycles. The van der Waals surface area contributed by atoms with Crippen LogP contribution in [0.15, 0.2) is 46.9 Å². The molecule has 2 aromatic rings. The number of nitro groups is 1. The molecular weight excluding hydrogens is 344 g/mol. The second-order valence-electron chi connectivity index (χ2n) is 5.53. The summed E-state index contributed by atoms with van der Waals surface area (Å²) in [6.07, 6.45) is -1.18. The quantitative estimate of drug-likeness (QED) is 0.455. The first-order valence-corrected chi connectivity index (χ1v) is 7.93. The fraction of sp³-hybridized carbons (Fsp3) is 0.294. The second kappa shape index (κ2) is 7.79. The Hall–Kier alpha value is -3.20. The normalized spacial score (nSPS) is 15.3. The topological polar surface area (TPSA) is 112 Å². The Morgan fingerprint density at radius 1 is 1.12 bits per heavy atom. The molecule has 0 N–H and O–H groups in total. The molecular formula is C17H16N2O7. The van der Waals surface area contributed by atoms with Crippen LogP contribution in [0, 0.1) is 10.1 Å². The number of carbonyl (C=O) groups is 2. The summed E-state index contributed by atoms with van der Waals surface area (Å²) in [6.45, 7) is 1.61. The molecule has 1 atom stereocenters. The number of rotatable bonds is 5. The third-order valence-electron chi connectivity index (χ3n) is 3.85. The number of nitrogens with zero attached hydrogens (tertiary/aromatic N) is 2. The van der Waals surface area contributed by atoms with Gasteiger partial charge in [-0.3, -0.25) is 14.9 Å². The SMILES string of the molecule is O=C(O[C@H](C(=O)N1CCOCC1)c1ccccc1)c1ccc([N+](=O)[O-])o1. The molecule has 26 heavy (non-hydrogen) atoms. The highest BCUT2D eigenvalue weighted by Gasteiger charge is 2.32. The zero-order valence-electron chi connectivity index (χ0n) is 13.7. The van der Waals surface area contributed by atoms with Crippen molar-refractivity contribution in [2.24, 2.45) is 0 Å². The first-order valence-electron chi connectivity index (χ1n) is 7.93. The minimum absolute atomic E-state index is 0.340. The molecule has 0 aliphatic carbocycles. The molecule has 1 aliphatic heterocycles. The highest BCUT2D eigenvalue weighted by atomic mass is 16.7. The molecule has 9 nitrogen and oxygen atoms in total. The van der Waals surface area contributed by atoms with E-state index in [1.165, 1.54) is 0 Å². The number of carbonyl (C=O) groups excluding carboxylic acids is 2. The highest BCUT2D eigenvalue weighted by molar-refractivity contribution is 5.91. The smallest absolute Gasteiger partial charge is 0.433 e. The number of morpholine rings is 1. The summed E-state index contributed by atoms with van der Waals surface area (Å²) in [7, 11) is 0. The van der Waals surface area contributed by atoms with Crippen LogP contribution in [0.1, 0.15) is 22.2 Å². The van der Waals surface area contributed by atoms with E-state index in [0.717, 1.165) is 12.1 Å². The Morgan fingerprint density at radius 2 is 1.81 bits per heavy atom. The van der Waals surface area contributed by atoms with Crippen LogP contribution in [0.2, 0.25) is 0 Å². The fourth-order valence-electron chi connectivity index (χ4n) is 2.54. The molecule has 1 saturated heterocycles. The Morgan fingerprint density at radius 3 is 2.42 bits per heavy atom. The molecule has 136 valence electrons. The van der Waals surface area contributed by atoms with Crippen molar-refractivity contribution in [1.29, 1.82) is 0 Å². The molecule has 9 heteroatoms. The number of esters is 1. The minimum atomic E-state index is -1.18. The maximum Gasteiger partial charge on any atom is 0.433 e. The first kappa shape index (κ1) is 17.6. The number of benzene rings is 1. The lowest BCUT2D eigenvalue weighted by molar-refractivity contribution is -0.402. The summed E-state index contributed by atoms with van der Waals surface area (Å²) in [5.74, 6) is -2.25. The van der Waals surface area contributed by atoms with Crippen LogP contribution < -0.4 is 0 Å². The summed E-state index contributed by atoms with van der Waals surface area (Å²) in [6, 6.07) is 10.7. The summed E-state index contributed by atoms with van der Waals surface area (Å²) < 4.78 is 15.4. The largest absolute Gasteiger partial charge is 0.441 e. The van der Waals surface area contributed by atoms with Gasteiger partial charge in [-0.2, -0.15) is 0 Å². The Balaban J connectivity index is 1.82. The zero-order valence-corrected chi connectivity index (χ0v) is 13.7. The van der Waals surface area contributed by atoms with Gasteiger partial charge in [0, 0.05) is 18.7 Å². The van der Waals surface area contributed by atoms with Crippen molar-refractivity contribution in [3.8, 4) is 0 Å². The molecule has 0 spiro atoms. The Kier molecular flexibility index (Phi) is 5.28. The lowest BCUT2D eigenvalue weighted by Crippen LogP contribution is -2.44. The van der Waals surface area contributed by atoms with Crippen molar-refractivity contribution in [1.82, 2.24) is 4.90 Å². The summed E-state index contributed by atoms with van der Waals surface area (Å²) in [5.41, 5.74) is 0.499. The van der Waals surface area contributed by atoms with E-state index in [0.29, 0.717) is 31.9 Å². The van der Waals surface area contributed by atoms with Crippen LogP contribution in [0.4, 0.5) is 5.88 Å². The molecule has 1 fully saturated rings. The van der Waals surface area contributed by atoms with Crippen LogP contribution in [0.25, 0.3) is 0 Å². The van der Waals surface area contributed by atoms with Gasteiger partial charge in [0.25, 0.3) is 5.91 Å². The number of ether oxygens (including phenoxy) is 2. The third kappa shape index (κ3) is 3.89. The molecule has 3 rings (SSSR count). The van der Waals surface area contributed by atoms with Crippen molar-refractivity contribution in [2.75, 3.05) is 26.3 Å². The molecule has 1 amide bonds. The minimum Gasteiger partial charge on any atom is -0.441 e. The van der Waals surface area contributed by atoms with Crippen LogP contribution >= 0.6 is 0 Å². The molecule has 0 bridgehead atoms. The van der Waals surface area contributed by atoms with E-state index in [1.807, 2.05) is 0 Å². The van der Waals surface area contributed by atoms with E-state index < -0.39 is 22.9 Å². The van der Waals surface area contributed by atoms with Crippen molar-refractivity contribution >= 4 is 17.8 Å². The summed E-state index contributed by atoms with van der Waals surface area (Å²) >= 11 is 0. The van der Waals surface area contributed by atoms with Gasteiger partial charge in [0.05, 0.1) is 19.3 Å². The molecule has 2 heterocycles. The van der Waals surface area contributed by atoms with Crippen molar-refractivity contribution < 1.29 is 28.4 Å². The average molecular weight is 360 g/mol. The molecule has 1 aromatic heterocycles. The second-order valence-corrected chi connectivity index (χ2v) is 5.53. The van der Waals surface area contributed by atoms with Gasteiger partial charge in [0.1, 0.15) is 4.92 Å². The predicted molar refractivity (Wildman–Crippen MR) is 87.4 cm³/mol. The number of amides is 1. The lowest BCUT2D eigenvalue weighted by atomic mass is 10.1. The maximum atomic E-state index is 12.8. The fourth-order valence-corrected chi connectivity index (χ4v) is 2.54. The first-order chi connectivity index (χ1) is 12.6. The monoisotopic (exact) mass is 360 g/mol. The van der Waals surface area contributed by atoms with Gasteiger partial charge >= 0.3 is 11.9 Å². The predicted octanol–water partition coefficient (Wildman–Crippen LogP) is 1.94. The molecule has 0 radical (unpaired) electrons. The van der Waals surface area contributed by atoms with E-state index in [-0.39, 0.29) is 11.7 Å². The number of furan rings is 1. The van der Waals surface area contributed by atoms with Crippen molar-refractivity contribution in [2.45, 2.75) is 6.10 Å². The zero-order chi connectivity index (χ0) is 18.5. The van der Waals surface area contributed by atoms with Gasteiger partial charge in [-0.15, -0.1) is 0 Å². The van der Waals surface area contributed by atoms with Crippen LogP contribution in [0.5, 0.6) is 0 Å². The Bertz CT molecular complexity index is 796. The molecule has 0 saturated carbocycles.